The predicted molar refractivity (Wildman–Crippen MR) is 36.3 cm³/mol. The summed E-state index contributed by atoms with van der Waals surface area (Å²) >= 11 is 3.35. The zero-order chi connectivity index (χ0) is 7.33. The molecule has 0 spiro atoms. The fourth-order valence-electron chi connectivity index (χ4n) is 0.252. The minimum absolute atomic E-state index is 0.0625. The zero-order valence-electron chi connectivity index (χ0n) is 5.07. The molecule has 0 aliphatic rings. The number of quaternary nitrogens is 1. The first kappa shape index (κ1) is 9.22. The van der Waals surface area contributed by atoms with E-state index in [-0.39, 0.29) is 11.6 Å². The molecule has 0 fully saturated rings. The Hall–Kier alpha value is 0.220. The molecule has 0 aromatic carbocycles. The van der Waals surface area contributed by atoms with Crippen molar-refractivity contribution in [3.05, 3.63) is 0 Å². The van der Waals surface area contributed by atoms with E-state index in [0.29, 0.717) is 0 Å². The summed E-state index contributed by atoms with van der Waals surface area (Å²) in [5.74, 6) is 0.0770. The van der Waals surface area contributed by atoms with Crippen LogP contribution < -0.4 is 5.48 Å². The fourth-order valence-corrected chi connectivity index (χ4v) is 0.938. The standard InChI is InChI=1S/C3H9NO3S2/c1-2-9(5,6)3-4-7-8/h4,8H,2-3H2,1H3/p+1. The molecule has 6 heteroatoms. The van der Waals surface area contributed by atoms with Gasteiger partial charge < -0.3 is 0 Å². The van der Waals surface area contributed by atoms with Crippen molar-refractivity contribution in [3.8, 4) is 0 Å². The van der Waals surface area contributed by atoms with Crippen LogP contribution in [0.2, 0.25) is 0 Å². The molecule has 0 bridgehead atoms. The highest BCUT2D eigenvalue weighted by atomic mass is 32.2. The molecule has 9 heavy (non-hydrogen) atoms. The van der Waals surface area contributed by atoms with Gasteiger partial charge in [0.25, 0.3) is 0 Å². The van der Waals surface area contributed by atoms with E-state index in [1.54, 1.807) is 6.92 Å². The van der Waals surface area contributed by atoms with E-state index in [1.807, 2.05) is 0 Å². The van der Waals surface area contributed by atoms with E-state index >= 15 is 0 Å². The van der Waals surface area contributed by atoms with Gasteiger partial charge in [-0.25, -0.2) is 8.42 Å². The largest absolute Gasteiger partial charge is 0.223 e. The van der Waals surface area contributed by atoms with E-state index in [9.17, 15) is 8.42 Å². The van der Waals surface area contributed by atoms with Gasteiger partial charge >= 0.3 is 0 Å². The number of hydrogen-bond donors (Lipinski definition) is 2. The second kappa shape index (κ2) is 4.10. The van der Waals surface area contributed by atoms with Crippen LogP contribution in [0.5, 0.6) is 0 Å². The number of thiol groups is 1. The highest BCUT2D eigenvalue weighted by Crippen LogP contribution is 1.80. The highest BCUT2D eigenvalue weighted by molar-refractivity contribution is 7.91. The van der Waals surface area contributed by atoms with Gasteiger partial charge in [0.15, 0.2) is 0 Å². The Labute approximate surface area is 60.1 Å². The van der Waals surface area contributed by atoms with Crippen molar-refractivity contribution < 1.29 is 18.2 Å². The summed E-state index contributed by atoms with van der Waals surface area (Å²) in [6.07, 6.45) is 0. The summed E-state index contributed by atoms with van der Waals surface area (Å²) < 4.78 is 25.4. The Morgan fingerprint density at radius 1 is 1.67 bits per heavy atom. The van der Waals surface area contributed by atoms with Crippen LogP contribution in [0.25, 0.3) is 0 Å². The summed E-state index contributed by atoms with van der Waals surface area (Å²) in [6, 6.07) is 0. The molecule has 2 N–H and O–H groups in total. The molecule has 0 aromatic rings. The third kappa shape index (κ3) is 4.71. The van der Waals surface area contributed by atoms with Crippen LogP contribution in [0.15, 0.2) is 0 Å². The average molecular weight is 172 g/mol. The normalized spacial score (nSPS) is 11.8. The maximum Gasteiger partial charge on any atom is 0.207 e. The van der Waals surface area contributed by atoms with Gasteiger partial charge in [0.1, 0.15) is 0 Å². The van der Waals surface area contributed by atoms with Gasteiger partial charge in [0.05, 0.1) is 5.75 Å². The second-order valence-corrected chi connectivity index (χ2v) is 4.08. The molecule has 0 amide bonds. The molecule has 0 radical (unpaired) electrons. The van der Waals surface area contributed by atoms with Crippen molar-refractivity contribution in [3.63, 3.8) is 0 Å². The third-order valence-electron chi connectivity index (χ3n) is 0.836. The van der Waals surface area contributed by atoms with Crippen molar-refractivity contribution in [2.75, 3.05) is 11.6 Å². The van der Waals surface area contributed by atoms with E-state index in [2.05, 4.69) is 17.2 Å². The maximum atomic E-state index is 10.6. The van der Waals surface area contributed by atoms with Crippen LogP contribution in [0.1, 0.15) is 6.92 Å². The Balaban J connectivity index is 3.61. The van der Waals surface area contributed by atoms with Gasteiger partial charge in [-0.05, 0) is 0 Å². The second-order valence-electron chi connectivity index (χ2n) is 1.47. The SMILES string of the molecule is CCS(=O)(=O)C[NH2+]OS. The number of hydroxylamine groups is 1. The molecule has 0 saturated heterocycles. The molecular formula is C3H10NO3S2+. The van der Waals surface area contributed by atoms with E-state index < -0.39 is 9.84 Å². The van der Waals surface area contributed by atoms with Gasteiger partial charge in [0, 0.05) is 12.9 Å². The highest BCUT2D eigenvalue weighted by Gasteiger charge is 2.08. The number of nitrogens with two attached hydrogens (primary N) is 1. The minimum atomic E-state index is -2.91. The summed E-state index contributed by atoms with van der Waals surface area (Å²) in [5.41, 5.74) is 1.14. The number of hydrogen-bond acceptors (Lipinski definition) is 4. The zero-order valence-corrected chi connectivity index (χ0v) is 6.78. The number of rotatable bonds is 4. The molecule has 0 atom stereocenters. The van der Waals surface area contributed by atoms with Gasteiger partial charge in [0.2, 0.25) is 15.7 Å². The van der Waals surface area contributed by atoms with Crippen molar-refractivity contribution in [2.24, 2.45) is 0 Å². The summed E-state index contributed by atoms with van der Waals surface area (Å²) in [6.45, 7) is 1.59. The van der Waals surface area contributed by atoms with Crippen LogP contribution in [-0.2, 0) is 14.1 Å². The lowest BCUT2D eigenvalue weighted by Gasteiger charge is -1.94. The van der Waals surface area contributed by atoms with Crippen molar-refractivity contribution in [1.82, 2.24) is 0 Å². The Morgan fingerprint density at radius 3 is 2.56 bits per heavy atom. The van der Waals surface area contributed by atoms with Crippen molar-refractivity contribution >= 4 is 22.7 Å². The van der Waals surface area contributed by atoms with Crippen LogP contribution >= 0.6 is 12.9 Å². The lowest BCUT2D eigenvalue weighted by molar-refractivity contribution is -0.842. The smallest absolute Gasteiger partial charge is 0.207 e. The molecule has 0 unspecified atom stereocenters. The van der Waals surface area contributed by atoms with Gasteiger partial charge in [-0.3, -0.25) is 0 Å². The van der Waals surface area contributed by atoms with Gasteiger partial charge in [-0.1, -0.05) is 6.92 Å². The molecule has 56 valence electrons. The van der Waals surface area contributed by atoms with E-state index in [1.165, 1.54) is 0 Å². The summed E-state index contributed by atoms with van der Waals surface area (Å²) in [5, 5.41) is 0. The molecule has 0 heterocycles. The molecule has 0 saturated carbocycles. The minimum Gasteiger partial charge on any atom is -0.223 e. The van der Waals surface area contributed by atoms with Gasteiger partial charge in [-0.2, -0.15) is 5.48 Å². The quantitative estimate of drug-likeness (QED) is 0.315. The topological polar surface area (TPSA) is 60.0 Å². The first-order valence-electron chi connectivity index (χ1n) is 2.44. The molecular weight excluding hydrogens is 162 g/mol. The molecule has 0 aliphatic heterocycles. The summed E-state index contributed by atoms with van der Waals surface area (Å²) in [4.78, 5) is 0. The maximum absolute atomic E-state index is 10.6. The average Bonchev–Trinajstić information content (AvgIpc) is 1.84. The molecule has 0 aliphatic carbocycles. The Bertz CT molecular complexity index is 152. The van der Waals surface area contributed by atoms with E-state index in [0.717, 1.165) is 5.48 Å². The lowest BCUT2D eigenvalue weighted by atomic mass is 11.0. The Morgan fingerprint density at radius 2 is 2.22 bits per heavy atom. The van der Waals surface area contributed by atoms with Gasteiger partial charge in [-0.15, -0.1) is 4.28 Å². The molecule has 0 rings (SSSR count). The fraction of sp³-hybridized carbons (Fsp3) is 1.00. The van der Waals surface area contributed by atoms with Crippen molar-refractivity contribution in [1.29, 1.82) is 0 Å². The van der Waals surface area contributed by atoms with Crippen molar-refractivity contribution in [2.45, 2.75) is 6.92 Å². The predicted octanol–water partition coefficient (Wildman–Crippen LogP) is -1.28. The lowest BCUT2D eigenvalue weighted by Crippen LogP contribution is -2.83. The summed E-state index contributed by atoms with van der Waals surface area (Å²) in [7, 11) is -2.91. The first-order valence-corrected chi connectivity index (χ1v) is 4.63. The Kier molecular flexibility index (Phi) is 4.20. The van der Waals surface area contributed by atoms with Crippen LogP contribution in [0, 0.1) is 0 Å². The monoisotopic (exact) mass is 172 g/mol. The number of sulfone groups is 1. The van der Waals surface area contributed by atoms with Crippen LogP contribution in [0.4, 0.5) is 0 Å². The van der Waals surface area contributed by atoms with Crippen LogP contribution in [-0.4, -0.2) is 20.0 Å². The van der Waals surface area contributed by atoms with Crippen LogP contribution in [0.3, 0.4) is 0 Å². The molecule has 4 nitrogen and oxygen atoms in total. The third-order valence-corrected chi connectivity index (χ3v) is 2.51. The first-order chi connectivity index (χ1) is 4.12. The molecule has 0 aromatic heterocycles. The van der Waals surface area contributed by atoms with E-state index in [4.69, 9.17) is 0 Å².